The van der Waals surface area contributed by atoms with Crippen molar-refractivity contribution in [2.45, 2.75) is 58.0 Å². The van der Waals surface area contributed by atoms with Crippen LogP contribution in [0, 0.1) is 13.8 Å². The van der Waals surface area contributed by atoms with Crippen LogP contribution < -0.4 is 4.90 Å². The van der Waals surface area contributed by atoms with Gasteiger partial charge in [0, 0.05) is 30.5 Å². The Morgan fingerprint density at radius 2 is 1.75 bits per heavy atom. The van der Waals surface area contributed by atoms with Crippen LogP contribution in [0.25, 0.3) is 16.7 Å². The summed E-state index contributed by atoms with van der Waals surface area (Å²) < 4.78 is 16.5. The van der Waals surface area contributed by atoms with Crippen molar-refractivity contribution in [1.29, 1.82) is 0 Å². The summed E-state index contributed by atoms with van der Waals surface area (Å²) in [7, 11) is 0. The van der Waals surface area contributed by atoms with E-state index >= 15 is 0 Å². The highest BCUT2D eigenvalue weighted by atomic mass is 19.1. The van der Waals surface area contributed by atoms with Crippen molar-refractivity contribution in [3.63, 3.8) is 0 Å². The fraction of sp³-hybridized carbons (Fsp3) is 0.500. The molecule has 5 rings (SSSR count). The second kappa shape index (κ2) is 6.83. The molecule has 1 saturated carbocycles. The lowest BCUT2D eigenvalue weighted by molar-refractivity contribution is 0.216. The predicted octanol–water partition coefficient (Wildman–Crippen LogP) is 4.64. The monoisotopic (exact) mass is 379 g/mol. The van der Waals surface area contributed by atoms with Crippen molar-refractivity contribution in [2.75, 3.05) is 18.0 Å². The van der Waals surface area contributed by atoms with Gasteiger partial charge in [0.2, 0.25) is 0 Å². The van der Waals surface area contributed by atoms with E-state index in [1.165, 1.54) is 6.42 Å². The van der Waals surface area contributed by atoms with E-state index in [1.807, 2.05) is 23.9 Å². The van der Waals surface area contributed by atoms with Crippen LogP contribution >= 0.6 is 0 Å². The molecule has 1 aliphatic carbocycles. The molecule has 2 unspecified atom stereocenters. The molecule has 3 aromatic rings. The third-order valence-electron chi connectivity index (χ3n) is 6.24. The number of nitrogens with zero attached hydrogens (tertiary/aromatic N) is 5. The number of hydrogen-bond acceptors (Lipinski definition) is 4. The zero-order valence-electron chi connectivity index (χ0n) is 16.5. The standard InChI is InChI=1S/C22H26FN5/c1-14-10-16-13-24-28(20(16)11-18(14)17-6-3-4-7-19(17)23)22-12-21(25-15(2)26-22)27-8-5-9-27/h10-13,17,19H,3-9H2,1-2H3. The zero-order valence-corrected chi connectivity index (χ0v) is 16.5. The quantitative estimate of drug-likeness (QED) is 0.665. The first-order chi connectivity index (χ1) is 13.6. The third kappa shape index (κ3) is 2.95. The van der Waals surface area contributed by atoms with Gasteiger partial charge in [-0.3, -0.25) is 0 Å². The van der Waals surface area contributed by atoms with Gasteiger partial charge in [0.1, 0.15) is 17.8 Å². The summed E-state index contributed by atoms with van der Waals surface area (Å²) in [6.07, 6.45) is 6.03. The second-order valence-electron chi connectivity index (χ2n) is 8.20. The number of benzene rings is 1. The maximum absolute atomic E-state index is 14.7. The molecule has 2 aliphatic rings. The third-order valence-corrected chi connectivity index (χ3v) is 6.24. The lowest BCUT2D eigenvalue weighted by atomic mass is 9.80. The Labute approximate surface area is 164 Å². The summed E-state index contributed by atoms with van der Waals surface area (Å²) in [5, 5.41) is 5.68. The SMILES string of the molecule is Cc1nc(N2CCC2)cc(-n2ncc3cc(C)c(C4CCCCC4F)cc32)n1. The number of alkyl halides is 1. The van der Waals surface area contributed by atoms with Crippen LogP contribution in [0.4, 0.5) is 10.2 Å². The van der Waals surface area contributed by atoms with E-state index in [4.69, 9.17) is 0 Å². The smallest absolute Gasteiger partial charge is 0.159 e. The van der Waals surface area contributed by atoms with E-state index in [2.05, 4.69) is 39.0 Å². The number of rotatable bonds is 3. The largest absolute Gasteiger partial charge is 0.356 e. The molecule has 5 nitrogen and oxygen atoms in total. The van der Waals surface area contributed by atoms with E-state index in [0.29, 0.717) is 6.42 Å². The first-order valence-corrected chi connectivity index (χ1v) is 10.3. The Bertz CT molecular complexity index is 1020. The molecule has 1 aromatic carbocycles. The van der Waals surface area contributed by atoms with Gasteiger partial charge in [0.25, 0.3) is 0 Å². The second-order valence-corrected chi connectivity index (χ2v) is 8.20. The Balaban J connectivity index is 1.61. The van der Waals surface area contributed by atoms with Gasteiger partial charge >= 0.3 is 0 Å². The Kier molecular flexibility index (Phi) is 4.29. The Hall–Kier alpha value is -2.50. The van der Waals surface area contributed by atoms with Crippen molar-refractivity contribution in [3.8, 4) is 5.82 Å². The van der Waals surface area contributed by atoms with Crippen LogP contribution in [0.2, 0.25) is 0 Å². The lowest BCUT2D eigenvalue weighted by Crippen LogP contribution is -2.37. The van der Waals surface area contributed by atoms with E-state index in [1.54, 1.807) is 0 Å². The number of halogens is 1. The zero-order chi connectivity index (χ0) is 19.3. The van der Waals surface area contributed by atoms with Crippen molar-refractivity contribution in [1.82, 2.24) is 19.7 Å². The van der Waals surface area contributed by atoms with Gasteiger partial charge < -0.3 is 4.90 Å². The van der Waals surface area contributed by atoms with Gasteiger partial charge in [-0.05, 0) is 56.4 Å². The molecule has 2 aromatic heterocycles. The first kappa shape index (κ1) is 17.6. The molecular weight excluding hydrogens is 353 g/mol. The number of hydrogen-bond donors (Lipinski definition) is 0. The van der Waals surface area contributed by atoms with E-state index in [-0.39, 0.29) is 5.92 Å². The number of aromatic nitrogens is 4. The van der Waals surface area contributed by atoms with Gasteiger partial charge in [-0.25, -0.2) is 19.0 Å². The number of aryl methyl sites for hydroxylation is 2. The Morgan fingerprint density at radius 3 is 2.50 bits per heavy atom. The van der Waals surface area contributed by atoms with E-state index < -0.39 is 6.17 Å². The molecular formula is C22H26FN5. The molecule has 0 N–H and O–H groups in total. The molecule has 0 amide bonds. The van der Waals surface area contributed by atoms with Crippen LogP contribution in [0.1, 0.15) is 55.0 Å². The van der Waals surface area contributed by atoms with Gasteiger partial charge in [-0.1, -0.05) is 12.8 Å². The minimum atomic E-state index is -0.749. The molecule has 2 atom stereocenters. The summed E-state index contributed by atoms with van der Waals surface area (Å²) >= 11 is 0. The maximum Gasteiger partial charge on any atom is 0.159 e. The predicted molar refractivity (Wildman–Crippen MR) is 109 cm³/mol. The average Bonchev–Trinajstić information content (AvgIpc) is 3.02. The van der Waals surface area contributed by atoms with Crippen LogP contribution in [-0.4, -0.2) is 39.0 Å². The summed E-state index contributed by atoms with van der Waals surface area (Å²) in [4.78, 5) is 11.5. The molecule has 0 radical (unpaired) electrons. The lowest BCUT2D eigenvalue weighted by Gasteiger charge is -2.32. The van der Waals surface area contributed by atoms with Crippen molar-refractivity contribution in [3.05, 3.63) is 41.3 Å². The maximum atomic E-state index is 14.7. The summed E-state index contributed by atoms with van der Waals surface area (Å²) in [5.74, 6) is 2.47. The van der Waals surface area contributed by atoms with Crippen molar-refractivity contribution >= 4 is 16.7 Å². The number of anilines is 1. The molecule has 28 heavy (non-hydrogen) atoms. The highest BCUT2D eigenvalue weighted by Crippen LogP contribution is 2.38. The van der Waals surface area contributed by atoms with Gasteiger partial charge in [0.15, 0.2) is 5.82 Å². The fourth-order valence-electron chi connectivity index (χ4n) is 4.57. The molecule has 0 spiro atoms. The van der Waals surface area contributed by atoms with Crippen molar-refractivity contribution < 1.29 is 4.39 Å². The highest BCUT2D eigenvalue weighted by Gasteiger charge is 2.28. The summed E-state index contributed by atoms with van der Waals surface area (Å²) in [5.41, 5.74) is 3.27. The normalized spacial score (nSPS) is 22.5. The fourth-order valence-corrected chi connectivity index (χ4v) is 4.57. The molecule has 0 bridgehead atoms. The summed E-state index contributed by atoms with van der Waals surface area (Å²) in [6.45, 7) is 6.09. The van der Waals surface area contributed by atoms with Crippen LogP contribution in [0.3, 0.4) is 0 Å². The minimum Gasteiger partial charge on any atom is -0.356 e. The minimum absolute atomic E-state index is 0.00900. The first-order valence-electron chi connectivity index (χ1n) is 10.3. The molecule has 146 valence electrons. The van der Waals surface area contributed by atoms with Gasteiger partial charge in [0.05, 0.1) is 11.7 Å². The van der Waals surface area contributed by atoms with Crippen LogP contribution in [0.5, 0.6) is 0 Å². The van der Waals surface area contributed by atoms with E-state index in [9.17, 15) is 4.39 Å². The van der Waals surface area contributed by atoms with Crippen molar-refractivity contribution in [2.24, 2.45) is 0 Å². The summed E-state index contributed by atoms with van der Waals surface area (Å²) in [6, 6.07) is 6.29. The van der Waals surface area contributed by atoms with Gasteiger partial charge in [-0.15, -0.1) is 0 Å². The molecule has 1 saturated heterocycles. The van der Waals surface area contributed by atoms with Crippen LogP contribution in [0.15, 0.2) is 24.4 Å². The number of fused-ring (bicyclic) bond motifs is 1. The topological polar surface area (TPSA) is 46.8 Å². The Morgan fingerprint density at radius 1 is 0.964 bits per heavy atom. The molecule has 1 aliphatic heterocycles. The van der Waals surface area contributed by atoms with Gasteiger partial charge in [-0.2, -0.15) is 5.10 Å². The average molecular weight is 379 g/mol. The van der Waals surface area contributed by atoms with E-state index in [0.717, 1.165) is 71.8 Å². The molecule has 6 heteroatoms. The molecule has 3 heterocycles. The van der Waals surface area contributed by atoms with Crippen LogP contribution in [-0.2, 0) is 0 Å². The molecule has 2 fully saturated rings. The highest BCUT2D eigenvalue weighted by molar-refractivity contribution is 5.82.